The Labute approximate surface area is 149 Å². The van der Waals surface area contributed by atoms with Crippen molar-refractivity contribution in [3.05, 3.63) is 53.1 Å². The van der Waals surface area contributed by atoms with Gasteiger partial charge >= 0.3 is 0 Å². The average Bonchev–Trinajstić information content (AvgIpc) is 3.26. The molecule has 0 fully saturated rings. The second kappa shape index (κ2) is 5.48. The van der Waals surface area contributed by atoms with Crippen molar-refractivity contribution in [2.24, 2.45) is 11.8 Å². The second-order valence-corrected chi connectivity index (χ2v) is 8.10. The molecule has 0 unspecified atom stereocenters. The number of carbonyl (C=O) groups excluding carboxylic acids is 1. The zero-order valence-electron chi connectivity index (χ0n) is 14.7. The molecule has 2 aliphatic carbocycles. The van der Waals surface area contributed by atoms with Crippen molar-refractivity contribution in [3.8, 4) is 0 Å². The van der Waals surface area contributed by atoms with Crippen LogP contribution in [-0.2, 0) is 0 Å². The van der Waals surface area contributed by atoms with E-state index in [1.54, 1.807) is 0 Å². The van der Waals surface area contributed by atoms with Gasteiger partial charge in [-0.05, 0) is 59.9 Å². The van der Waals surface area contributed by atoms with Gasteiger partial charge in [-0.1, -0.05) is 37.6 Å². The Bertz CT molecular complexity index is 776. The van der Waals surface area contributed by atoms with Gasteiger partial charge in [-0.15, -0.1) is 0 Å². The second-order valence-electron chi connectivity index (χ2n) is 8.10. The van der Waals surface area contributed by atoms with Gasteiger partial charge < -0.3 is 14.8 Å². The van der Waals surface area contributed by atoms with Crippen LogP contribution in [0.25, 0.3) is 0 Å². The molecular weight excluding hydrogens is 310 g/mol. The van der Waals surface area contributed by atoms with Crippen LogP contribution in [0.3, 0.4) is 0 Å². The number of allylic oxidation sites excluding steroid dienone is 4. The summed E-state index contributed by atoms with van der Waals surface area (Å²) in [5, 5.41) is 11.6. The number of carboxylic acid groups (broad SMARTS) is 1. The Kier molecular flexibility index (Phi) is 3.34. The molecule has 3 heteroatoms. The van der Waals surface area contributed by atoms with E-state index in [0.29, 0.717) is 35.3 Å². The van der Waals surface area contributed by atoms with Crippen molar-refractivity contribution >= 4 is 11.7 Å². The largest absolute Gasteiger partial charge is 0.545 e. The fraction of sp³-hybridized carbons (Fsp3) is 0.500. The third kappa shape index (κ3) is 2.08. The molecule has 130 valence electrons. The summed E-state index contributed by atoms with van der Waals surface area (Å²) in [7, 11) is 0. The first-order chi connectivity index (χ1) is 12.2. The van der Waals surface area contributed by atoms with Crippen LogP contribution >= 0.6 is 0 Å². The minimum atomic E-state index is -1.05. The van der Waals surface area contributed by atoms with E-state index in [4.69, 9.17) is 0 Å². The van der Waals surface area contributed by atoms with Crippen LogP contribution in [0, 0.1) is 11.8 Å². The lowest BCUT2D eigenvalue weighted by Gasteiger charge is -2.51. The van der Waals surface area contributed by atoms with E-state index in [0.717, 1.165) is 19.4 Å². The normalized spacial score (nSPS) is 34.0. The molecule has 5 rings (SSSR count). The zero-order chi connectivity index (χ0) is 17.1. The van der Waals surface area contributed by atoms with Crippen LogP contribution in [0.2, 0.25) is 0 Å². The Hall–Kier alpha value is -2.03. The standard InChI is InChI=1S/C22H25NO2/c1-2-5-20-17-9-4-8-16(17)19-11-14(22(24)25)10-18-15-7-3-6-13(15)12-23(20)21(18)19/h3-4,7-8,10-11,13,15-17,20H,2,5-6,9,12H2,1H3,(H,24,25)/p-1/t13-,15+,16+,17-,20+/m1/s1. The van der Waals surface area contributed by atoms with Crippen LogP contribution in [0.4, 0.5) is 5.69 Å². The summed E-state index contributed by atoms with van der Waals surface area (Å²) in [6.45, 7) is 3.38. The van der Waals surface area contributed by atoms with Gasteiger partial charge in [-0.25, -0.2) is 0 Å². The van der Waals surface area contributed by atoms with E-state index in [2.05, 4.69) is 36.1 Å². The summed E-state index contributed by atoms with van der Waals surface area (Å²) >= 11 is 0. The minimum Gasteiger partial charge on any atom is -0.545 e. The maximum Gasteiger partial charge on any atom is 0.0715 e. The number of carboxylic acids is 1. The highest BCUT2D eigenvalue weighted by Gasteiger charge is 2.46. The molecule has 0 saturated heterocycles. The molecule has 1 aromatic rings. The number of hydrogen-bond donors (Lipinski definition) is 0. The zero-order valence-corrected chi connectivity index (χ0v) is 14.7. The predicted octanol–water partition coefficient (Wildman–Crippen LogP) is 3.37. The van der Waals surface area contributed by atoms with E-state index in [9.17, 15) is 9.90 Å². The molecule has 3 nitrogen and oxygen atoms in total. The number of hydrogen-bond acceptors (Lipinski definition) is 3. The number of rotatable bonds is 3. The Morgan fingerprint density at radius 3 is 2.64 bits per heavy atom. The molecule has 0 saturated carbocycles. The van der Waals surface area contributed by atoms with Crippen molar-refractivity contribution in [3.63, 3.8) is 0 Å². The van der Waals surface area contributed by atoms with Gasteiger partial charge in [-0.3, -0.25) is 0 Å². The topological polar surface area (TPSA) is 43.4 Å². The number of nitrogens with zero attached hydrogens (tertiary/aromatic N) is 1. The molecule has 0 bridgehead atoms. The Morgan fingerprint density at radius 1 is 1.16 bits per heavy atom. The summed E-state index contributed by atoms with van der Waals surface area (Å²) in [4.78, 5) is 14.3. The first kappa shape index (κ1) is 15.2. The third-order valence-corrected chi connectivity index (χ3v) is 6.82. The van der Waals surface area contributed by atoms with Gasteiger partial charge in [-0.2, -0.15) is 0 Å². The van der Waals surface area contributed by atoms with Crippen molar-refractivity contribution in [2.75, 3.05) is 11.4 Å². The number of benzene rings is 1. The molecule has 4 aliphatic rings. The van der Waals surface area contributed by atoms with Crippen LogP contribution in [0.5, 0.6) is 0 Å². The highest BCUT2D eigenvalue weighted by Crippen LogP contribution is 2.55. The van der Waals surface area contributed by atoms with Crippen LogP contribution in [0.15, 0.2) is 36.4 Å². The van der Waals surface area contributed by atoms with Crippen molar-refractivity contribution in [1.29, 1.82) is 0 Å². The van der Waals surface area contributed by atoms with Gasteiger partial charge in [0.15, 0.2) is 0 Å². The smallest absolute Gasteiger partial charge is 0.0715 e. The van der Waals surface area contributed by atoms with Crippen molar-refractivity contribution < 1.29 is 9.90 Å². The summed E-state index contributed by atoms with van der Waals surface area (Å²) in [5.41, 5.74) is 4.13. The molecule has 2 heterocycles. The highest BCUT2D eigenvalue weighted by molar-refractivity contribution is 5.88. The van der Waals surface area contributed by atoms with Gasteiger partial charge in [0, 0.05) is 30.1 Å². The minimum absolute atomic E-state index is 0.350. The number of carbonyl (C=O) groups is 1. The summed E-state index contributed by atoms with van der Waals surface area (Å²) in [6.07, 6.45) is 13.8. The van der Waals surface area contributed by atoms with Gasteiger partial charge in [0.05, 0.1) is 5.97 Å². The van der Waals surface area contributed by atoms with Crippen molar-refractivity contribution in [1.82, 2.24) is 0 Å². The van der Waals surface area contributed by atoms with E-state index in [1.165, 1.54) is 29.7 Å². The maximum atomic E-state index is 11.6. The molecule has 0 spiro atoms. The van der Waals surface area contributed by atoms with Crippen molar-refractivity contribution in [2.45, 2.75) is 50.5 Å². The monoisotopic (exact) mass is 334 g/mol. The van der Waals surface area contributed by atoms with Crippen LogP contribution < -0.4 is 10.0 Å². The van der Waals surface area contributed by atoms with E-state index in [-0.39, 0.29) is 0 Å². The molecule has 0 amide bonds. The number of aromatic carboxylic acids is 1. The van der Waals surface area contributed by atoms with E-state index in [1.807, 2.05) is 12.1 Å². The molecule has 25 heavy (non-hydrogen) atoms. The van der Waals surface area contributed by atoms with E-state index < -0.39 is 5.97 Å². The van der Waals surface area contributed by atoms with E-state index >= 15 is 0 Å². The molecule has 0 radical (unpaired) electrons. The molecule has 0 N–H and O–H groups in total. The predicted molar refractivity (Wildman–Crippen MR) is 96.8 cm³/mol. The fourth-order valence-corrected chi connectivity index (χ4v) is 5.83. The summed E-state index contributed by atoms with van der Waals surface area (Å²) in [6, 6.07) is 4.37. The molecule has 1 aromatic carbocycles. The SMILES string of the molecule is CCC[C@H]1[C@@H]2CC=C[C@@H]2c2cc(C(=O)[O-])cc3c2N1C[C@H]1CC=C[C@H]31. The van der Waals surface area contributed by atoms with Gasteiger partial charge in [0.25, 0.3) is 0 Å². The highest BCUT2D eigenvalue weighted by atomic mass is 16.4. The maximum absolute atomic E-state index is 11.6. The molecule has 2 aliphatic heterocycles. The first-order valence-electron chi connectivity index (χ1n) is 9.68. The van der Waals surface area contributed by atoms with Crippen LogP contribution in [0.1, 0.15) is 65.9 Å². The van der Waals surface area contributed by atoms with Gasteiger partial charge in [0.1, 0.15) is 0 Å². The van der Waals surface area contributed by atoms with Gasteiger partial charge in [0.2, 0.25) is 0 Å². The molecule has 5 atom stereocenters. The quantitative estimate of drug-likeness (QED) is 0.796. The number of anilines is 1. The average molecular weight is 334 g/mol. The first-order valence-corrected chi connectivity index (χ1v) is 9.68. The lowest BCUT2D eigenvalue weighted by molar-refractivity contribution is -0.255. The third-order valence-electron chi connectivity index (χ3n) is 6.82. The Balaban J connectivity index is 1.74. The molecule has 0 aromatic heterocycles. The van der Waals surface area contributed by atoms with Crippen LogP contribution in [-0.4, -0.2) is 18.6 Å². The summed E-state index contributed by atoms with van der Waals surface area (Å²) < 4.78 is 0. The summed E-state index contributed by atoms with van der Waals surface area (Å²) in [5.74, 6) is 0.853. The fourth-order valence-electron chi connectivity index (χ4n) is 5.83. The number of fused-ring (bicyclic) bond motifs is 4. The lowest BCUT2D eigenvalue weighted by atomic mass is 9.71. The Morgan fingerprint density at radius 2 is 1.88 bits per heavy atom. The lowest BCUT2D eigenvalue weighted by Crippen LogP contribution is -2.51. The molecular formula is C22H24NO2-.